The van der Waals surface area contributed by atoms with Crippen molar-refractivity contribution in [1.29, 1.82) is 0 Å². The fourth-order valence-electron chi connectivity index (χ4n) is 1.95. The summed E-state index contributed by atoms with van der Waals surface area (Å²) < 4.78 is 15.2. The molecular weight excluding hydrogens is 229 g/mol. The maximum atomic E-state index is 13.2. The van der Waals surface area contributed by atoms with Crippen LogP contribution in [0.2, 0.25) is 0 Å². The van der Waals surface area contributed by atoms with E-state index in [-0.39, 0.29) is 5.82 Å². The van der Waals surface area contributed by atoms with Crippen molar-refractivity contribution in [3.05, 3.63) is 47.5 Å². The molecule has 2 aromatic rings. The van der Waals surface area contributed by atoms with Crippen LogP contribution in [-0.2, 0) is 13.1 Å². The second-order valence-corrected chi connectivity index (χ2v) is 4.42. The summed E-state index contributed by atoms with van der Waals surface area (Å²) >= 11 is 0. The van der Waals surface area contributed by atoms with Gasteiger partial charge in [-0.15, -0.1) is 0 Å². The van der Waals surface area contributed by atoms with Crippen LogP contribution in [-0.4, -0.2) is 9.78 Å². The van der Waals surface area contributed by atoms with Gasteiger partial charge in [-0.3, -0.25) is 4.68 Å². The minimum atomic E-state index is -0.209. The van der Waals surface area contributed by atoms with Gasteiger partial charge in [0, 0.05) is 18.4 Å². The van der Waals surface area contributed by atoms with Crippen molar-refractivity contribution in [3.8, 4) is 0 Å². The monoisotopic (exact) mass is 247 g/mol. The quantitative estimate of drug-likeness (QED) is 0.878. The van der Waals surface area contributed by atoms with Crippen molar-refractivity contribution in [2.75, 3.05) is 5.32 Å². The summed E-state index contributed by atoms with van der Waals surface area (Å²) in [6.07, 6.45) is 2.84. The third kappa shape index (κ3) is 3.09. The smallest absolute Gasteiger partial charge is 0.125 e. The van der Waals surface area contributed by atoms with Gasteiger partial charge in [0.05, 0.1) is 12.2 Å². The van der Waals surface area contributed by atoms with E-state index in [2.05, 4.69) is 17.3 Å². The van der Waals surface area contributed by atoms with E-state index in [0.717, 1.165) is 29.9 Å². The zero-order valence-corrected chi connectivity index (χ0v) is 10.8. The Kier molecular flexibility index (Phi) is 3.97. The Balaban J connectivity index is 2.04. The topological polar surface area (TPSA) is 29.9 Å². The van der Waals surface area contributed by atoms with Gasteiger partial charge in [-0.25, -0.2) is 4.39 Å². The standard InChI is InChI=1S/C14H18FN3/c1-3-6-18-14(4-5-17-18)10-16-13-8-11(2)7-12(15)9-13/h4-5,7-9,16H,3,6,10H2,1-2H3. The van der Waals surface area contributed by atoms with E-state index in [0.29, 0.717) is 6.54 Å². The first-order valence-corrected chi connectivity index (χ1v) is 6.21. The number of benzene rings is 1. The molecule has 3 nitrogen and oxygen atoms in total. The molecular formula is C14H18FN3. The van der Waals surface area contributed by atoms with Crippen molar-refractivity contribution in [2.45, 2.75) is 33.4 Å². The van der Waals surface area contributed by atoms with Crippen molar-refractivity contribution in [2.24, 2.45) is 0 Å². The van der Waals surface area contributed by atoms with E-state index >= 15 is 0 Å². The number of nitrogens with zero attached hydrogens (tertiary/aromatic N) is 2. The Hall–Kier alpha value is -1.84. The molecule has 0 aliphatic rings. The van der Waals surface area contributed by atoms with Crippen LogP contribution in [0.3, 0.4) is 0 Å². The molecule has 0 aliphatic heterocycles. The Bertz CT molecular complexity index is 499. The molecule has 18 heavy (non-hydrogen) atoms. The Morgan fingerprint density at radius 1 is 1.33 bits per heavy atom. The molecule has 0 amide bonds. The van der Waals surface area contributed by atoms with Gasteiger partial charge in [0.25, 0.3) is 0 Å². The fourth-order valence-corrected chi connectivity index (χ4v) is 1.95. The summed E-state index contributed by atoms with van der Waals surface area (Å²) in [5.41, 5.74) is 2.83. The number of rotatable bonds is 5. The van der Waals surface area contributed by atoms with Gasteiger partial charge < -0.3 is 5.32 Å². The van der Waals surface area contributed by atoms with E-state index in [1.807, 2.05) is 23.7 Å². The Morgan fingerprint density at radius 3 is 2.89 bits per heavy atom. The lowest BCUT2D eigenvalue weighted by atomic mass is 10.2. The van der Waals surface area contributed by atoms with Crippen LogP contribution < -0.4 is 5.32 Å². The normalized spacial score (nSPS) is 10.6. The van der Waals surface area contributed by atoms with Crippen molar-refractivity contribution < 1.29 is 4.39 Å². The van der Waals surface area contributed by atoms with Crippen LogP contribution in [0.5, 0.6) is 0 Å². The van der Waals surface area contributed by atoms with E-state index in [9.17, 15) is 4.39 Å². The van der Waals surface area contributed by atoms with Gasteiger partial charge in [0.2, 0.25) is 0 Å². The number of halogens is 1. The lowest BCUT2D eigenvalue weighted by molar-refractivity contribution is 0.578. The molecule has 96 valence electrons. The van der Waals surface area contributed by atoms with E-state index < -0.39 is 0 Å². The number of aromatic nitrogens is 2. The van der Waals surface area contributed by atoms with Crippen LogP contribution >= 0.6 is 0 Å². The maximum absolute atomic E-state index is 13.2. The van der Waals surface area contributed by atoms with Crippen molar-refractivity contribution >= 4 is 5.69 Å². The average molecular weight is 247 g/mol. The van der Waals surface area contributed by atoms with Crippen LogP contribution in [0.25, 0.3) is 0 Å². The second-order valence-electron chi connectivity index (χ2n) is 4.42. The molecule has 0 radical (unpaired) electrons. The molecule has 4 heteroatoms. The third-order valence-electron chi connectivity index (χ3n) is 2.76. The zero-order valence-electron chi connectivity index (χ0n) is 10.8. The zero-order chi connectivity index (χ0) is 13.0. The lowest BCUT2D eigenvalue weighted by Gasteiger charge is -2.09. The van der Waals surface area contributed by atoms with Crippen LogP contribution in [0.15, 0.2) is 30.5 Å². The molecule has 0 aliphatic carbocycles. The van der Waals surface area contributed by atoms with Crippen molar-refractivity contribution in [3.63, 3.8) is 0 Å². The van der Waals surface area contributed by atoms with Crippen LogP contribution in [0.1, 0.15) is 24.6 Å². The molecule has 2 rings (SSSR count). The van der Waals surface area contributed by atoms with Gasteiger partial charge in [-0.2, -0.15) is 5.10 Å². The van der Waals surface area contributed by atoms with E-state index in [1.165, 1.54) is 12.1 Å². The number of hydrogen-bond acceptors (Lipinski definition) is 2. The molecule has 0 bridgehead atoms. The van der Waals surface area contributed by atoms with Crippen LogP contribution in [0, 0.1) is 12.7 Å². The highest BCUT2D eigenvalue weighted by Crippen LogP contribution is 2.14. The van der Waals surface area contributed by atoms with Gasteiger partial charge in [0.15, 0.2) is 0 Å². The van der Waals surface area contributed by atoms with Crippen LogP contribution in [0.4, 0.5) is 10.1 Å². The largest absolute Gasteiger partial charge is 0.379 e. The average Bonchev–Trinajstić information content (AvgIpc) is 2.73. The number of hydrogen-bond donors (Lipinski definition) is 1. The molecule has 1 aromatic heterocycles. The molecule has 0 unspecified atom stereocenters. The minimum Gasteiger partial charge on any atom is -0.379 e. The summed E-state index contributed by atoms with van der Waals surface area (Å²) in [7, 11) is 0. The first kappa shape index (κ1) is 12.6. The molecule has 0 fully saturated rings. The molecule has 0 spiro atoms. The number of anilines is 1. The minimum absolute atomic E-state index is 0.209. The van der Waals surface area contributed by atoms with E-state index in [4.69, 9.17) is 0 Å². The first-order chi connectivity index (χ1) is 8.69. The van der Waals surface area contributed by atoms with Crippen molar-refractivity contribution in [1.82, 2.24) is 9.78 Å². The summed E-state index contributed by atoms with van der Waals surface area (Å²) in [5, 5.41) is 7.48. The number of aryl methyl sites for hydroxylation is 2. The predicted octanol–water partition coefficient (Wildman–Crippen LogP) is 3.35. The maximum Gasteiger partial charge on any atom is 0.125 e. The molecule has 0 saturated carbocycles. The van der Waals surface area contributed by atoms with Gasteiger partial charge in [-0.1, -0.05) is 6.92 Å². The van der Waals surface area contributed by atoms with E-state index in [1.54, 1.807) is 6.20 Å². The summed E-state index contributed by atoms with van der Waals surface area (Å²) in [5.74, 6) is -0.209. The highest BCUT2D eigenvalue weighted by molar-refractivity contribution is 5.46. The summed E-state index contributed by atoms with van der Waals surface area (Å²) in [4.78, 5) is 0. The molecule has 0 saturated heterocycles. The van der Waals surface area contributed by atoms with Gasteiger partial charge in [-0.05, 0) is 43.2 Å². The highest BCUT2D eigenvalue weighted by atomic mass is 19.1. The Labute approximate surface area is 107 Å². The lowest BCUT2D eigenvalue weighted by Crippen LogP contribution is -2.09. The molecule has 1 N–H and O–H groups in total. The summed E-state index contributed by atoms with van der Waals surface area (Å²) in [6.45, 7) is 5.57. The SMILES string of the molecule is CCCn1nccc1CNc1cc(C)cc(F)c1. The summed E-state index contributed by atoms with van der Waals surface area (Å²) in [6, 6.07) is 6.94. The number of nitrogens with one attached hydrogen (secondary N) is 1. The third-order valence-corrected chi connectivity index (χ3v) is 2.76. The molecule has 1 heterocycles. The molecule has 1 aromatic carbocycles. The highest BCUT2D eigenvalue weighted by Gasteiger charge is 2.02. The first-order valence-electron chi connectivity index (χ1n) is 6.21. The second kappa shape index (κ2) is 5.67. The fraction of sp³-hybridized carbons (Fsp3) is 0.357. The van der Waals surface area contributed by atoms with Gasteiger partial charge >= 0.3 is 0 Å². The Morgan fingerprint density at radius 2 is 2.17 bits per heavy atom. The molecule has 0 atom stereocenters. The predicted molar refractivity (Wildman–Crippen MR) is 71.0 cm³/mol. The van der Waals surface area contributed by atoms with Gasteiger partial charge in [0.1, 0.15) is 5.82 Å².